The van der Waals surface area contributed by atoms with Gasteiger partial charge in [0.15, 0.2) is 0 Å². The first-order chi connectivity index (χ1) is 5.42. The fourth-order valence-corrected chi connectivity index (χ4v) is 11.7. The van der Waals surface area contributed by atoms with E-state index in [2.05, 4.69) is 20.1 Å². The molecule has 1 aliphatic heterocycles. The van der Waals surface area contributed by atoms with E-state index in [4.69, 9.17) is 5.73 Å². The molecule has 1 heterocycles. The van der Waals surface area contributed by atoms with Crippen LogP contribution in [0.1, 0.15) is 20.8 Å². The number of carbonyl (C=O) groups excluding carboxylic acids is 1. The van der Waals surface area contributed by atoms with Gasteiger partial charge in [0, 0.05) is 0 Å². The predicted molar refractivity (Wildman–Crippen MR) is 64.1 cm³/mol. The summed E-state index contributed by atoms with van der Waals surface area (Å²) in [5.41, 5.74) is 5.41. The van der Waals surface area contributed by atoms with Crippen LogP contribution < -0.4 is 5.73 Å². The van der Waals surface area contributed by atoms with Crippen LogP contribution in [0.2, 0.25) is 0 Å². The van der Waals surface area contributed by atoms with E-state index in [0.29, 0.717) is 11.0 Å². The van der Waals surface area contributed by atoms with Crippen molar-refractivity contribution in [2.45, 2.75) is 33.5 Å². The minimum atomic E-state index is -1.39. The molecule has 12 heavy (non-hydrogen) atoms. The van der Waals surface area contributed by atoms with E-state index in [9.17, 15) is 4.79 Å². The normalized spacial score (nSPS) is 38.7. The molecule has 0 saturated carbocycles. The van der Waals surface area contributed by atoms with Gasteiger partial charge >= 0.3 is 85.6 Å². The van der Waals surface area contributed by atoms with E-state index in [1.54, 1.807) is 11.8 Å². The topological polar surface area (TPSA) is 43.1 Å². The zero-order valence-electron chi connectivity index (χ0n) is 7.93. The summed E-state index contributed by atoms with van der Waals surface area (Å²) in [6, 6.07) is 0. The maximum atomic E-state index is 11.6. The van der Waals surface area contributed by atoms with E-state index in [-0.39, 0.29) is 0 Å². The van der Waals surface area contributed by atoms with Crippen LogP contribution in [-0.4, -0.2) is 22.8 Å². The standard InChI is InChI=1S/C8H16INOS/c1-5(2)9-6(11)8(3,10)7(9)12-4/h5,7H,10H2,1-4H3. The van der Waals surface area contributed by atoms with Crippen LogP contribution in [0.25, 0.3) is 0 Å². The SMILES string of the molecule is CSC1I(C(C)C)C(=O)C1(C)N. The molecule has 72 valence electrons. The van der Waals surface area contributed by atoms with Crippen LogP contribution in [0, 0.1) is 0 Å². The summed E-state index contributed by atoms with van der Waals surface area (Å²) >= 11 is 0.396. The van der Waals surface area contributed by atoms with Crippen LogP contribution in [-0.2, 0) is 4.79 Å². The fourth-order valence-electron chi connectivity index (χ4n) is 1.37. The van der Waals surface area contributed by atoms with Crippen molar-refractivity contribution in [1.82, 2.24) is 0 Å². The van der Waals surface area contributed by atoms with Crippen molar-refractivity contribution in [3.63, 3.8) is 0 Å². The molecule has 0 aromatic rings. The average Bonchev–Trinajstić information content (AvgIpc) is 1.97. The molecule has 2 N–H and O–H groups in total. The molecule has 1 aliphatic rings. The molecule has 0 bridgehead atoms. The van der Waals surface area contributed by atoms with Crippen molar-refractivity contribution in [1.29, 1.82) is 0 Å². The molecule has 2 atom stereocenters. The second-order valence-electron chi connectivity index (χ2n) is 3.47. The number of hydrogen-bond acceptors (Lipinski definition) is 3. The van der Waals surface area contributed by atoms with Crippen molar-refractivity contribution >= 4 is 35.4 Å². The summed E-state index contributed by atoms with van der Waals surface area (Å²) in [6.45, 7) is 6.19. The Morgan fingerprint density at radius 3 is 2.42 bits per heavy atom. The third-order valence-corrected chi connectivity index (χ3v) is 13.2. The van der Waals surface area contributed by atoms with E-state index in [0.717, 1.165) is 0 Å². The number of alkyl halides is 2. The summed E-state index contributed by atoms with van der Waals surface area (Å²) < 4.78 is 1.44. The Kier molecular flexibility index (Phi) is 3.11. The molecule has 0 aliphatic carbocycles. The monoisotopic (exact) mass is 301 g/mol. The van der Waals surface area contributed by atoms with Gasteiger partial charge in [0.05, 0.1) is 0 Å². The maximum absolute atomic E-state index is 11.6. The third kappa shape index (κ3) is 1.42. The van der Waals surface area contributed by atoms with E-state index in [1.807, 2.05) is 6.92 Å². The molecule has 1 rings (SSSR count). The molecule has 0 spiro atoms. The zero-order chi connectivity index (χ0) is 9.52. The van der Waals surface area contributed by atoms with Gasteiger partial charge in [0.2, 0.25) is 0 Å². The number of thioether (sulfide) groups is 1. The Bertz CT molecular complexity index is 205. The first-order valence-corrected chi connectivity index (χ1v) is 8.81. The fraction of sp³-hybridized carbons (Fsp3) is 0.875. The van der Waals surface area contributed by atoms with Crippen molar-refractivity contribution in [3.05, 3.63) is 0 Å². The second kappa shape index (κ2) is 3.46. The summed E-state index contributed by atoms with van der Waals surface area (Å²) in [7, 11) is 0. The van der Waals surface area contributed by atoms with Crippen LogP contribution in [0.15, 0.2) is 0 Å². The molecular formula is C8H16INOS. The summed E-state index contributed by atoms with van der Waals surface area (Å²) in [5.74, 6) is 0. The Morgan fingerprint density at radius 2 is 2.17 bits per heavy atom. The molecule has 0 amide bonds. The van der Waals surface area contributed by atoms with Gasteiger partial charge in [0.1, 0.15) is 0 Å². The number of rotatable bonds is 2. The van der Waals surface area contributed by atoms with Crippen LogP contribution in [0.5, 0.6) is 0 Å². The molecule has 4 heteroatoms. The second-order valence-corrected chi connectivity index (χ2v) is 11.9. The van der Waals surface area contributed by atoms with Gasteiger partial charge in [-0.3, -0.25) is 0 Å². The van der Waals surface area contributed by atoms with Crippen LogP contribution >= 0.6 is 31.6 Å². The van der Waals surface area contributed by atoms with Gasteiger partial charge in [0.25, 0.3) is 0 Å². The molecule has 2 nitrogen and oxygen atoms in total. The molecule has 0 aromatic heterocycles. The van der Waals surface area contributed by atoms with Crippen molar-refractivity contribution in [3.8, 4) is 0 Å². The van der Waals surface area contributed by atoms with Gasteiger partial charge in [-0.15, -0.1) is 0 Å². The van der Waals surface area contributed by atoms with Crippen LogP contribution in [0.4, 0.5) is 0 Å². The molecule has 1 saturated heterocycles. The van der Waals surface area contributed by atoms with Gasteiger partial charge < -0.3 is 0 Å². The van der Waals surface area contributed by atoms with E-state index >= 15 is 0 Å². The van der Waals surface area contributed by atoms with Crippen molar-refractivity contribution in [2.24, 2.45) is 5.73 Å². The van der Waals surface area contributed by atoms with Crippen molar-refractivity contribution < 1.29 is 4.79 Å². The molecule has 0 aromatic carbocycles. The summed E-state index contributed by atoms with van der Waals surface area (Å²) in [5, 5.41) is 0. The Hall–Kier alpha value is 0.710. The van der Waals surface area contributed by atoms with Gasteiger partial charge in [-0.25, -0.2) is 0 Å². The van der Waals surface area contributed by atoms with E-state index in [1.165, 1.54) is 0 Å². The van der Waals surface area contributed by atoms with E-state index < -0.39 is 25.4 Å². The molecule has 1 fully saturated rings. The molecule has 2 unspecified atom stereocenters. The minimum absolute atomic E-state index is 0.390. The number of hydrogen-bond donors (Lipinski definition) is 1. The summed E-state index contributed by atoms with van der Waals surface area (Å²) in [6.07, 6.45) is 2.06. The number of halogens is 1. The Labute approximate surface area is 85.4 Å². The van der Waals surface area contributed by atoms with Crippen molar-refractivity contribution in [2.75, 3.05) is 6.26 Å². The quantitative estimate of drug-likeness (QED) is 0.481. The molecular weight excluding hydrogens is 285 g/mol. The van der Waals surface area contributed by atoms with Gasteiger partial charge in [-0.1, -0.05) is 0 Å². The number of nitrogens with two attached hydrogens (primary N) is 1. The Morgan fingerprint density at radius 1 is 1.67 bits per heavy atom. The molecule has 0 radical (unpaired) electrons. The van der Waals surface area contributed by atoms with Gasteiger partial charge in [-0.2, -0.15) is 0 Å². The summed E-state index contributed by atoms with van der Waals surface area (Å²) in [4.78, 5) is 11.6. The first-order valence-electron chi connectivity index (χ1n) is 3.96. The predicted octanol–water partition coefficient (Wildman–Crippen LogP) is 1.85. The Balaban J connectivity index is 2.76. The number of carbonyl (C=O) groups is 1. The van der Waals surface area contributed by atoms with Gasteiger partial charge in [-0.05, 0) is 0 Å². The first kappa shape index (κ1) is 10.8. The third-order valence-electron chi connectivity index (χ3n) is 1.98. The zero-order valence-corrected chi connectivity index (χ0v) is 10.9. The average molecular weight is 301 g/mol. The van der Waals surface area contributed by atoms with Crippen LogP contribution in [0.3, 0.4) is 0 Å².